The minimum Gasteiger partial charge on any atom is -0.387 e. The molecule has 5 nitrogen and oxygen atoms in total. The fourth-order valence-electron chi connectivity index (χ4n) is 1.11. The van der Waals surface area contributed by atoms with Crippen LogP contribution in [0.15, 0.2) is 17.1 Å². The van der Waals surface area contributed by atoms with Crippen LogP contribution in [0.5, 0.6) is 0 Å². The Labute approximate surface area is 82.0 Å². The van der Waals surface area contributed by atoms with Crippen molar-refractivity contribution in [2.75, 3.05) is 12.4 Å². The van der Waals surface area contributed by atoms with Gasteiger partial charge in [-0.15, -0.1) is 0 Å². The molecule has 74 valence electrons. The number of anilines is 1. The lowest BCUT2D eigenvalue weighted by Gasteiger charge is -2.08. The molecule has 0 saturated heterocycles. The fourth-order valence-corrected chi connectivity index (χ4v) is 1.11. The van der Waals surface area contributed by atoms with Crippen LogP contribution in [-0.4, -0.2) is 16.8 Å². The molecule has 0 amide bonds. The lowest BCUT2D eigenvalue weighted by molar-refractivity contribution is 0.506. The highest BCUT2D eigenvalue weighted by Gasteiger charge is 2.09. The van der Waals surface area contributed by atoms with Crippen molar-refractivity contribution in [2.24, 2.45) is 0 Å². The number of hydrogen-bond donors (Lipinski definition) is 1. The molecule has 0 bridgehead atoms. The van der Waals surface area contributed by atoms with Crippen LogP contribution < -0.4 is 10.9 Å². The van der Waals surface area contributed by atoms with E-state index in [9.17, 15) is 4.79 Å². The molecular formula is C9H12N4O. The molecule has 5 heteroatoms. The van der Waals surface area contributed by atoms with E-state index in [2.05, 4.69) is 10.4 Å². The number of nitrogens with zero attached hydrogens (tertiary/aromatic N) is 3. The third kappa shape index (κ3) is 1.91. The molecule has 1 rings (SSSR count). The van der Waals surface area contributed by atoms with Crippen molar-refractivity contribution in [1.29, 1.82) is 5.26 Å². The van der Waals surface area contributed by atoms with Gasteiger partial charge < -0.3 is 5.32 Å². The Hall–Kier alpha value is -1.83. The van der Waals surface area contributed by atoms with E-state index in [-0.39, 0.29) is 5.56 Å². The molecule has 14 heavy (non-hydrogen) atoms. The first-order valence-electron chi connectivity index (χ1n) is 4.39. The van der Waals surface area contributed by atoms with Gasteiger partial charge in [-0.25, -0.2) is 4.68 Å². The van der Waals surface area contributed by atoms with E-state index in [1.54, 1.807) is 7.05 Å². The SMILES string of the molecule is CCC(C#N)n1ncc(NC)cc1=O. The van der Waals surface area contributed by atoms with E-state index in [0.717, 1.165) is 0 Å². The predicted octanol–water partition coefficient (Wildman–Crippen LogP) is 0.760. The van der Waals surface area contributed by atoms with Crippen LogP contribution in [0.1, 0.15) is 19.4 Å². The van der Waals surface area contributed by atoms with Crippen molar-refractivity contribution in [3.05, 3.63) is 22.6 Å². The monoisotopic (exact) mass is 192 g/mol. The molecule has 1 heterocycles. The quantitative estimate of drug-likeness (QED) is 0.767. The third-order valence-corrected chi connectivity index (χ3v) is 1.95. The summed E-state index contributed by atoms with van der Waals surface area (Å²) >= 11 is 0. The van der Waals surface area contributed by atoms with Crippen LogP contribution in [0.3, 0.4) is 0 Å². The molecule has 1 N–H and O–H groups in total. The second-order valence-corrected chi connectivity index (χ2v) is 2.83. The summed E-state index contributed by atoms with van der Waals surface area (Å²) < 4.78 is 1.20. The zero-order chi connectivity index (χ0) is 10.6. The normalized spacial score (nSPS) is 11.8. The van der Waals surface area contributed by atoms with E-state index in [0.29, 0.717) is 12.1 Å². The molecule has 0 aliphatic carbocycles. The minimum atomic E-state index is -0.478. The van der Waals surface area contributed by atoms with Gasteiger partial charge in [0.15, 0.2) is 0 Å². The molecule has 1 unspecified atom stereocenters. The minimum absolute atomic E-state index is 0.259. The summed E-state index contributed by atoms with van der Waals surface area (Å²) in [4.78, 5) is 11.5. The van der Waals surface area contributed by atoms with Gasteiger partial charge in [0.25, 0.3) is 5.56 Å². The molecule has 1 atom stereocenters. The van der Waals surface area contributed by atoms with Crippen LogP contribution in [0.25, 0.3) is 0 Å². The molecule has 0 aliphatic rings. The number of nitriles is 1. The van der Waals surface area contributed by atoms with Crippen molar-refractivity contribution in [2.45, 2.75) is 19.4 Å². The summed E-state index contributed by atoms with van der Waals surface area (Å²) in [5.74, 6) is 0. The van der Waals surface area contributed by atoms with Crippen LogP contribution in [0, 0.1) is 11.3 Å². The van der Waals surface area contributed by atoms with Gasteiger partial charge in [0.05, 0.1) is 18.0 Å². The van der Waals surface area contributed by atoms with E-state index in [4.69, 9.17) is 5.26 Å². The Balaban J connectivity index is 3.13. The first-order chi connectivity index (χ1) is 6.72. The van der Waals surface area contributed by atoms with Gasteiger partial charge >= 0.3 is 0 Å². The Kier molecular flexibility index (Phi) is 3.24. The largest absolute Gasteiger partial charge is 0.387 e. The number of nitrogens with one attached hydrogen (secondary N) is 1. The third-order valence-electron chi connectivity index (χ3n) is 1.95. The summed E-state index contributed by atoms with van der Waals surface area (Å²) in [5, 5.41) is 15.5. The second-order valence-electron chi connectivity index (χ2n) is 2.83. The Morgan fingerprint density at radius 2 is 2.50 bits per heavy atom. The van der Waals surface area contributed by atoms with Crippen LogP contribution in [-0.2, 0) is 0 Å². The van der Waals surface area contributed by atoms with E-state index in [1.807, 2.05) is 13.0 Å². The van der Waals surface area contributed by atoms with E-state index >= 15 is 0 Å². The molecule has 0 aliphatic heterocycles. The highest BCUT2D eigenvalue weighted by Crippen LogP contribution is 2.05. The Morgan fingerprint density at radius 3 is 2.93 bits per heavy atom. The molecule has 0 fully saturated rings. The van der Waals surface area contributed by atoms with Gasteiger partial charge in [-0.3, -0.25) is 4.79 Å². The van der Waals surface area contributed by atoms with Gasteiger partial charge in [-0.1, -0.05) is 6.92 Å². The zero-order valence-electron chi connectivity index (χ0n) is 8.19. The average Bonchev–Trinajstić information content (AvgIpc) is 2.22. The van der Waals surface area contributed by atoms with Crippen LogP contribution in [0.4, 0.5) is 5.69 Å². The van der Waals surface area contributed by atoms with Crippen LogP contribution >= 0.6 is 0 Å². The number of hydrogen-bond acceptors (Lipinski definition) is 4. The van der Waals surface area contributed by atoms with E-state index < -0.39 is 6.04 Å². The number of aromatic nitrogens is 2. The Morgan fingerprint density at radius 1 is 1.79 bits per heavy atom. The van der Waals surface area contributed by atoms with Crippen LogP contribution in [0.2, 0.25) is 0 Å². The van der Waals surface area contributed by atoms with Gasteiger partial charge in [0, 0.05) is 13.1 Å². The van der Waals surface area contributed by atoms with Gasteiger partial charge in [0.2, 0.25) is 0 Å². The second kappa shape index (κ2) is 4.42. The molecule has 0 radical (unpaired) electrons. The van der Waals surface area contributed by atoms with Gasteiger partial charge in [-0.2, -0.15) is 10.4 Å². The van der Waals surface area contributed by atoms with Crippen molar-refractivity contribution in [1.82, 2.24) is 9.78 Å². The van der Waals surface area contributed by atoms with Gasteiger partial charge in [0.1, 0.15) is 6.04 Å². The summed E-state index contributed by atoms with van der Waals surface area (Å²) in [6, 6.07) is 2.97. The molecular weight excluding hydrogens is 180 g/mol. The standard InChI is InChI=1S/C9H12N4O/c1-3-8(5-10)13-9(14)4-7(11-2)6-12-13/h4,6,8,11H,3H2,1-2H3. The fraction of sp³-hybridized carbons (Fsp3) is 0.444. The Bertz CT molecular complexity index is 404. The summed E-state index contributed by atoms with van der Waals surface area (Å²) in [7, 11) is 1.71. The summed E-state index contributed by atoms with van der Waals surface area (Å²) in [6.07, 6.45) is 2.10. The topological polar surface area (TPSA) is 70.7 Å². The first-order valence-corrected chi connectivity index (χ1v) is 4.39. The molecule has 0 aromatic carbocycles. The molecule has 1 aromatic rings. The summed E-state index contributed by atoms with van der Waals surface area (Å²) in [5.41, 5.74) is 0.393. The summed E-state index contributed by atoms with van der Waals surface area (Å²) in [6.45, 7) is 1.84. The maximum atomic E-state index is 11.5. The average molecular weight is 192 g/mol. The lowest BCUT2D eigenvalue weighted by Crippen LogP contribution is -2.25. The van der Waals surface area contributed by atoms with Crippen molar-refractivity contribution in [3.63, 3.8) is 0 Å². The lowest BCUT2D eigenvalue weighted by atomic mass is 10.2. The van der Waals surface area contributed by atoms with E-state index in [1.165, 1.54) is 16.9 Å². The highest BCUT2D eigenvalue weighted by molar-refractivity contribution is 5.37. The zero-order valence-corrected chi connectivity index (χ0v) is 8.19. The van der Waals surface area contributed by atoms with Crippen molar-refractivity contribution >= 4 is 5.69 Å². The highest BCUT2D eigenvalue weighted by atomic mass is 16.1. The first kappa shape index (κ1) is 10.3. The molecule has 0 spiro atoms. The maximum Gasteiger partial charge on any atom is 0.270 e. The van der Waals surface area contributed by atoms with Crippen molar-refractivity contribution < 1.29 is 0 Å². The molecule has 1 aromatic heterocycles. The predicted molar refractivity (Wildman–Crippen MR) is 53.0 cm³/mol. The number of rotatable bonds is 3. The smallest absolute Gasteiger partial charge is 0.270 e. The van der Waals surface area contributed by atoms with Gasteiger partial charge in [-0.05, 0) is 6.42 Å². The maximum absolute atomic E-state index is 11.5. The van der Waals surface area contributed by atoms with Crippen molar-refractivity contribution in [3.8, 4) is 6.07 Å². The molecule has 0 saturated carbocycles.